The Bertz CT molecular complexity index is 463. The van der Waals surface area contributed by atoms with Gasteiger partial charge in [0, 0.05) is 43.4 Å². The van der Waals surface area contributed by atoms with Gasteiger partial charge in [-0.25, -0.2) is 0 Å². The highest BCUT2D eigenvalue weighted by atomic mass is 35.5. The predicted molar refractivity (Wildman–Crippen MR) is 90.1 cm³/mol. The Morgan fingerprint density at radius 1 is 1.10 bits per heavy atom. The van der Waals surface area contributed by atoms with E-state index >= 15 is 0 Å². The predicted octanol–water partition coefficient (Wildman–Crippen LogP) is 2.98. The molecule has 2 N–H and O–H groups in total. The van der Waals surface area contributed by atoms with E-state index in [9.17, 15) is 0 Å². The van der Waals surface area contributed by atoms with Gasteiger partial charge < -0.3 is 10.6 Å². The van der Waals surface area contributed by atoms with E-state index in [2.05, 4.69) is 21.9 Å². The normalized spacial score (nSPS) is 22.7. The van der Waals surface area contributed by atoms with Gasteiger partial charge >= 0.3 is 0 Å². The van der Waals surface area contributed by atoms with Crippen LogP contribution in [0.25, 0.3) is 0 Å². The third-order valence-corrected chi connectivity index (χ3v) is 5.44. The summed E-state index contributed by atoms with van der Waals surface area (Å²) in [4.78, 5) is 5.05. The number of nitrogens with two attached hydrogens (primary N) is 1. The third-order valence-electron chi connectivity index (χ3n) is 5.20. The van der Waals surface area contributed by atoms with Crippen LogP contribution in [-0.4, -0.2) is 44.2 Å². The molecule has 0 radical (unpaired) electrons. The van der Waals surface area contributed by atoms with Gasteiger partial charge in [-0.1, -0.05) is 30.5 Å². The lowest BCUT2D eigenvalue weighted by Gasteiger charge is -2.40. The van der Waals surface area contributed by atoms with Crippen molar-refractivity contribution >= 4 is 17.3 Å². The van der Waals surface area contributed by atoms with Crippen molar-refractivity contribution in [2.45, 2.75) is 25.7 Å². The van der Waals surface area contributed by atoms with Crippen molar-refractivity contribution in [2.75, 3.05) is 44.2 Å². The first kappa shape index (κ1) is 15.1. The molecule has 0 bridgehead atoms. The Morgan fingerprint density at radius 3 is 2.43 bits per heavy atom. The van der Waals surface area contributed by atoms with Gasteiger partial charge in [-0.2, -0.15) is 0 Å². The maximum atomic E-state index is 6.09. The number of halogens is 1. The molecule has 0 unspecified atom stereocenters. The maximum Gasteiger partial charge on any atom is 0.0426 e. The number of piperazine rings is 1. The Hall–Kier alpha value is -0.770. The third kappa shape index (κ3) is 3.53. The van der Waals surface area contributed by atoms with Crippen molar-refractivity contribution < 1.29 is 0 Å². The molecular weight excluding hydrogens is 282 g/mol. The molecule has 3 rings (SSSR count). The van der Waals surface area contributed by atoms with Gasteiger partial charge in [-0.05, 0) is 43.0 Å². The van der Waals surface area contributed by atoms with Crippen LogP contribution in [0.3, 0.4) is 0 Å². The van der Waals surface area contributed by atoms with Crippen LogP contribution in [0.2, 0.25) is 5.02 Å². The van der Waals surface area contributed by atoms with E-state index in [1.54, 1.807) is 0 Å². The van der Waals surface area contributed by atoms with Crippen molar-refractivity contribution in [2.24, 2.45) is 11.1 Å². The summed E-state index contributed by atoms with van der Waals surface area (Å²) < 4.78 is 0. The largest absolute Gasteiger partial charge is 0.369 e. The molecule has 1 saturated carbocycles. The summed E-state index contributed by atoms with van der Waals surface area (Å²) in [6.45, 7) is 6.47. The summed E-state index contributed by atoms with van der Waals surface area (Å²) in [5, 5.41) is 0.822. The molecule has 1 saturated heterocycles. The van der Waals surface area contributed by atoms with Gasteiger partial charge in [0.05, 0.1) is 0 Å². The number of nitrogens with zero attached hydrogens (tertiary/aromatic N) is 2. The van der Waals surface area contributed by atoms with Crippen LogP contribution < -0.4 is 10.6 Å². The van der Waals surface area contributed by atoms with E-state index in [1.807, 2.05) is 12.1 Å². The van der Waals surface area contributed by atoms with Crippen LogP contribution in [0.5, 0.6) is 0 Å². The van der Waals surface area contributed by atoms with Gasteiger partial charge in [-0.3, -0.25) is 4.90 Å². The fraction of sp³-hybridized carbons (Fsp3) is 0.647. The minimum Gasteiger partial charge on any atom is -0.369 e. The summed E-state index contributed by atoms with van der Waals surface area (Å²) in [5.74, 6) is 0. The number of benzene rings is 1. The molecule has 1 aromatic rings. The van der Waals surface area contributed by atoms with Crippen LogP contribution in [0.15, 0.2) is 24.3 Å². The van der Waals surface area contributed by atoms with Crippen LogP contribution >= 0.6 is 11.6 Å². The highest BCUT2D eigenvalue weighted by molar-refractivity contribution is 6.30. The number of rotatable bonds is 4. The highest BCUT2D eigenvalue weighted by Gasteiger charge is 2.34. The van der Waals surface area contributed by atoms with Crippen molar-refractivity contribution in [1.82, 2.24) is 4.90 Å². The molecule has 4 heteroatoms. The second-order valence-corrected chi connectivity index (χ2v) is 7.09. The molecule has 3 nitrogen and oxygen atoms in total. The zero-order valence-electron chi connectivity index (χ0n) is 12.7. The van der Waals surface area contributed by atoms with Crippen LogP contribution in [-0.2, 0) is 0 Å². The first-order valence-corrected chi connectivity index (χ1v) is 8.52. The molecule has 0 aromatic heterocycles. The van der Waals surface area contributed by atoms with Crippen molar-refractivity contribution in [3.63, 3.8) is 0 Å². The Labute approximate surface area is 133 Å². The van der Waals surface area contributed by atoms with E-state index in [1.165, 1.54) is 37.9 Å². The van der Waals surface area contributed by atoms with E-state index in [0.717, 1.165) is 37.7 Å². The molecule has 116 valence electrons. The van der Waals surface area contributed by atoms with E-state index in [0.29, 0.717) is 5.41 Å². The second kappa shape index (κ2) is 6.55. The molecule has 1 heterocycles. The van der Waals surface area contributed by atoms with Crippen molar-refractivity contribution in [3.8, 4) is 0 Å². The van der Waals surface area contributed by atoms with Crippen molar-refractivity contribution in [3.05, 3.63) is 29.3 Å². The molecule has 1 aliphatic carbocycles. The minimum absolute atomic E-state index is 0.401. The monoisotopic (exact) mass is 307 g/mol. The van der Waals surface area contributed by atoms with Crippen molar-refractivity contribution in [1.29, 1.82) is 0 Å². The second-order valence-electron chi connectivity index (χ2n) is 6.65. The lowest BCUT2D eigenvalue weighted by molar-refractivity contribution is 0.151. The molecule has 0 spiro atoms. The standard InChI is InChI=1S/C17H26ClN3/c18-15-4-3-5-16(12-15)21-10-8-20(9-11-21)14-17(13-19)6-1-2-7-17/h3-5,12H,1-2,6-11,13-14,19H2. The van der Waals surface area contributed by atoms with Crippen LogP contribution in [0.4, 0.5) is 5.69 Å². The lowest BCUT2D eigenvalue weighted by atomic mass is 9.85. The summed E-state index contributed by atoms with van der Waals surface area (Å²) in [5.41, 5.74) is 7.72. The average Bonchev–Trinajstić information content (AvgIpc) is 2.97. The molecule has 2 fully saturated rings. The number of hydrogen-bond acceptors (Lipinski definition) is 3. The minimum atomic E-state index is 0.401. The summed E-state index contributed by atoms with van der Waals surface area (Å²) in [6.07, 6.45) is 5.36. The number of hydrogen-bond donors (Lipinski definition) is 1. The average molecular weight is 308 g/mol. The van der Waals surface area contributed by atoms with Gasteiger partial charge in [0.1, 0.15) is 0 Å². The first-order chi connectivity index (χ1) is 10.2. The zero-order chi connectivity index (χ0) is 14.7. The topological polar surface area (TPSA) is 32.5 Å². The molecule has 2 aliphatic rings. The van der Waals surface area contributed by atoms with Gasteiger partial charge in [0.15, 0.2) is 0 Å². The fourth-order valence-corrected chi connectivity index (χ4v) is 4.05. The Kier molecular flexibility index (Phi) is 4.72. The number of anilines is 1. The fourth-order valence-electron chi connectivity index (χ4n) is 3.86. The van der Waals surface area contributed by atoms with E-state index in [4.69, 9.17) is 17.3 Å². The summed E-state index contributed by atoms with van der Waals surface area (Å²) >= 11 is 6.09. The first-order valence-electron chi connectivity index (χ1n) is 8.14. The SMILES string of the molecule is NCC1(CN2CCN(c3cccc(Cl)c3)CC2)CCCC1. The quantitative estimate of drug-likeness (QED) is 0.928. The molecule has 1 aromatic carbocycles. The highest BCUT2D eigenvalue weighted by Crippen LogP contribution is 2.38. The van der Waals surface area contributed by atoms with E-state index in [-0.39, 0.29) is 0 Å². The van der Waals surface area contributed by atoms with Gasteiger partial charge in [0.25, 0.3) is 0 Å². The zero-order valence-corrected chi connectivity index (χ0v) is 13.5. The maximum absolute atomic E-state index is 6.09. The van der Waals surface area contributed by atoms with E-state index < -0.39 is 0 Å². The summed E-state index contributed by atoms with van der Waals surface area (Å²) in [7, 11) is 0. The molecule has 1 aliphatic heterocycles. The smallest absolute Gasteiger partial charge is 0.0426 e. The van der Waals surface area contributed by atoms with Gasteiger partial charge in [0.2, 0.25) is 0 Å². The lowest BCUT2D eigenvalue weighted by Crippen LogP contribution is -2.50. The Morgan fingerprint density at radius 2 is 1.81 bits per heavy atom. The van der Waals surface area contributed by atoms with Gasteiger partial charge in [-0.15, -0.1) is 0 Å². The Balaban J connectivity index is 1.55. The summed E-state index contributed by atoms with van der Waals surface area (Å²) in [6, 6.07) is 8.19. The van der Waals surface area contributed by atoms with Crippen LogP contribution in [0, 0.1) is 5.41 Å². The molecular formula is C17H26ClN3. The molecule has 0 atom stereocenters. The molecule has 21 heavy (non-hydrogen) atoms. The molecule has 0 amide bonds. The van der Waals surface area contributed by atoms with Crippen LogP contribution in [0.1, 0.15) is 25.7 Å².